The lowest BCUT2D eigenvalue weighted by Gasteiger charge is -2.22. The first-order valence-corrected chi connectivity index (χ1v) is 3.44. The molecule has 0 spiro atoms. The molecule has 46 valence electrons. The van der Waals surface area contributed by atoms with Gasteiger partial charge in [0.05, 0.1) is 0 Å². The zero-order valence-electron chi connectivity index (χ0n) is 5.06. The lowest BCUT2D eigenvalue weighted by molar-refractivity contribution is 0.513. The second kappa shape index (κ2) is 1.99. The van der Waals surface area contributed by atoms with Gasteiger partial charge in [-0.05, 0) is 19.4 Å². The Hall–Kier alpha value is -0.150. The Morgan fingerprint density at radius 2 is 2.50 bits per heavy atom. The molecule has 2 N–H and O–H groups in total. The molecule has 1 aliphatic heterocycles. The largest absolute Gasteiger partial charge is 0.364 e. The third-order valence-corrected chi connectivity index (χ3v) is 2.27. The first kappa shape index (κ1) is 5.98. The van der Waals surface area contributed by atoms with Gasteiger partial charge in [-0.1, -0.05) is 11.8 Å². The predicted molar refractivity (Wildman–Crippen MR) is 37.3 cm³/mol. The van der Waals surface area contributed by atoms with E-state index in [1.807, 2.05) is 18.7 Å². The summed E-state index contributed by atoms with van der Waals surface area (Å²) < 4.78 is 0. The van der Waals surface area contributed by atoms with E-state index in [1.54, 1.807) is 11.8 Å². The van der Waals surface area contributed by atoms with Crippen molar-refractivity contribution in [2.75, 3.05) is 7.05 Å². The van der Waals surface area contributed by atoms with E-state index in [1.165, 1.54) is 0 Å². The summed E-state index contributed by atoms with van der Waals surface area (Å²) in [5.74, 6) is 0. The minimum atomic E-state index is 0.0417. The van der Waals surface area contributed by atoms with Gasteiger partial charge < -0.3 is 5.32 Å². The molecule has 1 unspecified atom stereocenters. The van der Waals surface area contributed by atoms with Gasteiger partial charge in [0.1, 0.15) is 4.99 Å². The summed E-state index contributed by atoms with van der Waals surface area (Å²) in [6.45, 7) is 2.09. The highest BCUT2D eigenvalue weighted by Gasteiger charge is 2.21. The topological polar surface area (TPSA) is 24.1 Å². The normalized spacial score (nSPS) is 35.2. The minimum absolute atomic E-state index is 0.0417. The minimum Gasteiger partial charge on any atom is -0.364 e. The Kier molecular flexibility index (Phi) is 1.49. The van der Waals surface area contributed by atoms with Crippen LogP contribution in [0.25, 0.3) is 0 Å². The molecule has 0 aromatic rings. The van der Waals surface area contributed by atoms with Crippen molar-refractivity contribution in [3.8, 4) is 0 Å². The number of hydrogen-bond acceptors (Lipinski definition) is 3. The Balaban J connectivity index is 2.46. The van der Waals surface area contributed by atoms with Gasteiger partial charge in [-0.3, -0.25) is 5.32 Å². The predicted octanol–water partition coefficient (Wildman–Crippen LogP) is 0.687. The average Bonchev–Trinajstić information content (AvgIpc) is 2.17. The van der Waals surface area contributed by atoms with Crippen molar-refractivity contribution in [2.45, 2.75) is 11.9 Å². The lowest BCUT2D eigenvalue weighted by atomic mass is 10.5. The van der Waals surface area contributed by atoms with Crippen molar-refractivity contribution in [3.63, 3.8) is 0 Å². The average molecular weight is 130 g/mol. The maximum atomic E-state index is 3.15. The second-order valence-electron chi connectivity index (χ2n) is 1.85. The van der Waals surface area contributed by atoms with Crippen molar-refractivity contribution in [3.05, 3.63) is 11.6 Å². The molecule has 0 amide bonds. The standard InChI is InChI=1S/C5H10N2S/c1-5(6-2)7-3-4-8-5/h3-4,6-7H,1-2H3. The maximum Gasteiger partial charge on any atom is 0.137 e. The summed E-state index contributed by atoms with van der Waals surface area (Å²) in [5.41, 5.74) is 0. The maximum absolute atomic E-state index is 3.15. The van der Waals surface area contributed by atoms with Gasteiger partial charge in [0.2, 0.25) is 0 Å². The summed E-state index contributed by atoms with van der Waals surface area (Å²) in [6, 6.07) is 0. The first-order valence-electron chi connectivity index (χ1n) is 2.56. The van der Waals surface area contributed by atoms with Crippen LogP contribution in [-0.2, 0) is 0 Å². The van der Waals surface area contributed by atoms with Gasteiger partial charge in [-0.2, -0.15) is 0 Å². The fourth-order valence-electron chi connectivity index (χ4n) is 0.528. The lowest BCUT2D eigenvalue weighted by Crippen LogP contribution is -2.44. The van der Waals surface area contributed by atoms with Crippen molar-refractivity contribution in [1.82, 2.24) is 10.6 Å². The van der Waals surface area contributed by atoms with Crippen molar-refractivity contribution >= 4 is 11.8 Å². The van der Waals surface area contributed by atoms with E-state index >= 15 is 0 Å². The summed E-state index contributed by atoms with van der Waals surface area (Å²) in [6.07, 6.45) is 1.95. The quantitative estimate of drug-likeness (QED) is 0.546. The monoisotopic (exact) mass is 130 g/mol. The molecule has 0 saturated carbocycles. The molecule has 8 heavy (non-hydrogen) atoms. The molecule has 0 aromatic heterocycles. The molecule has 3 heteroatoms. The number of nitrogens with one attached hydrogen (secondary N) is 2. The van der Waals surface area contributed by atoms with Crippen LogP contribution in [0.15, 0.2) is 11.6 Å². The highest BCUT2D eigenvalue weighted by atomic mass is 32.2. The van der Waals surface area contributed by atoms with E-state index in [2.05, 4.69) is 17.6 Å². The highest BCUT2D eigenvalue weighted by Crippen LogP contribution is 2.23. The number of thioether (sulfide) groups is 1. The van der Waals surface area contributed by atoms with Crippen LogP contribution in [0.3, 0.4) is 0 Å². The van der Waals surface area contributed by atoms with Gasteiger partial charge in [-0.25, -0.2) is 0 Å². The van der Waals surface area contributed by atoms with Gasteiger partial charge in [-0.15, -0.1) is 0 Å². The third-order valence-electron chi connectivity index (χ3n) is 1.21. The van der Waals surface area contributed by atoms with E-state index in [0.717, 1.165) is 0 Å². The molecule has 0 aliphatic carbocycles. The molecular formula is C5H10N2S. The second-order valence-corrected chi connectivity index (χ2v) is 3.17. The van der Waals surface area contributed by atoms with Crippen LogP contribution in [0.2, 0.25) is 0 Å². The Bertz CT molecular complexity index is 103. The van der Waals surface area contributed by atoms with Crippen LogP contribution in [0.1, 0.15) is 6.92 Å². The van der Waals surface area contributed by atoms with E-state index in [0.29, 0.717) is 0 Å². The van der Waals surface area contributed by atoms with Crippen LogP contribution < -0.4 is 10.6 Å². The molecule has 2 nitrogen and oxygen atoms in total. The zero-order valence-corrected chi connectivity index (χ0v) is 5.88. The number of rotatable bonds is 1. The molecular weight excluding hydrogens is 120 g/mol. The van der Waals surface area contributed by atoms with E-state index in [9.17, 15) is 0 Å². The van der Waals surface area contributed by atoms with Gasteiger partial charge in [0, 0.05) is 6.20 Å². The molecule has 0 aromatic carbocycles. The molecule has 1 heterocycles. The van der Waals surface area contributed by atoms with Crippen molar-refractivity contribution in [2.24, 2.45) is 0 Å². The van der Waals surface area contributed by atoms with Crippen molar-refractivity contribution < 1.29 is 0 Å². The fourth-order valence-corrected chi connectivity index (χ4v) is 1.19. The fraction of sp³-hybridized carbons (Fsp3) is 0.600. The Morgan fingerprint density at radius 1 is 1.75 bits per heavy atom. The van der Waals surface area contributed by atoms with Crippen LogP contribution in [-0.4, -0.2) is 12.0 Å². The SMILES string of the molecule is CNC1(C)NC=CS1. The summed E-state index contributed by atoms with van der Waals surface area (Å²) in [4.78, 5) is 0.0417. The van der Waals surface area contributed by atoms with Crippen LogP contribution >= 0.6 is 11.8 Å². The van der Waals surface area contributed by atoms with Crippen LogP contribution in [0.5, 0.6) is 0 Å². The highest BCUT2D eigenvalue weighted by molar-refractivity contribution is 8.03. The van der Waals surface area contributed by atoms with E-state index in [-0.39, 0.29) is 4.99 Å². The van der Waals surface area contributed by atoms with E-state index < -0.39 is 0 Å². The van der Waals surface area contributed by atoms with Crippen molar-refractivity contribution in [1.29, 1.82) is 0 Å². The van der Waals surface area contributed by atoms with Crippen LogP contribution in [0, 0.1) is 0 Å². The molecule has 1 aliphatic rings. The third kappa shape index (κ3) is 0.980. The Morgan fingerprint density at radius 3 is 2.75 bits per heavy atom. The molecule has 0 radical (unpaired) electrons. The first-order chi connectivity index (χ1) is 3.77. The number of hydrogen-bond donors (Lipinski definition) is 2. The molecule has 1 atom stereocenters. The van der Waals surface area contributed by atoms with Gasteiger partial charge in [0.25, 0.3) is 0 Å². The van der Waals surface area contributed by atoms with Gasteiger partial charge in [0.15, 0.2) is 0 Å². The molecule has 0 fully saturated rings. The summed E-state index contributed by atoms with van der Waals surface area (Å²) >= 11 is 1.74. The molecule has 0 saturated heterocycles. The summed E-state index contributed by atoms with van der Waals surface area (Å²) in [5, 5.41) is 8.32. The Labute approximate surface area is 53.7 Å². The zero-order chi connectivity index (χ0) is 6.04. The summed E-state index contributed by atoms with van der Waals surface area (Å²) in [7, 11) is 1.94. The smallest absolute Gasteiger partial charge is 0.137 e. The molecule has 0 bridgehead atoms. The molecule has 1 rings (SSSR count). The van der Waals surface area contributed by atoms with Crippen LogP contribution in [0.4, 0.5) is 0 Å². The van der Waals surface area contributed by atoms with Gasteiger partial charge >= 0.3 is 0 Å². The van der Waals surface area contributed by atoms with E-state index in [4.69, 9.17) is 0 Å².